The van der Waals surface area contributed by atoms with Crippen LogP contribution in [0, 0.1) is 0 Å². The molecule has 0 atom stereocenters. The van der Waals surface area contributed by atoms with Gasteiger partial charge in [-0.25, -0.2) is 5.43 Å². The average molecular weight is 482 g/mol. The number of carbonyl (C=O) groups excluding carboxylic acids is 1. The number of hydrogen-bond donors (Lipinski definition) is 1. The summed E-state index contributed by atoms with van der Waals surface area (Å²) < 4.78 is 10.5. The van der Waals surface area contributed by atoms with E-state index in [1.54, 1.807) is 32.6 Å². The van der Waals surface area contributed by atoms with Gasteiger partial charge in [0.1, 0.15) is 0 Å². The second-order valence-electron chi connectivity index (χ2n) is 7.98. The van der Waals surface area contributed by atoms with Crippen LogP contribution in [0.25, 0.3) is 10.9 Å². The van der Waals surface area contributed by atoms with E-state index in [-0.39, 0.29) is 5.91 Å². The number of amides is 1. The number of halogens is 1. The second kappa shape index (κ2) is 11.2. The van der Waals surface area contributed by atoms with Crippen molar-refractivity contribution in [1.82, 2.24) is 15.3 Å². The maximum absolute atomic E-state index is 12.2. The van der Waals surface area contributed by atoms with Crippen LogP contribution in [0.2, 0.25) is 5.02 Å². The third-order valence-corrected chi connectivity index (χ3v) is 6.10. The highest BCUT2D eigenvalue weighted by molar-refractivity contribution is 6.31. The molecule has 2 heterocycles. The third-order valence-electron chi connectivity index (χ3n) is 5.86. The molecule has 0 unspecified atom stereocenters. The summed E-state index contributed by atoms with van der Waals surface area (Å²) in [5, 5.41) is 5.85. The predicted molar refractivity (Wildman–Crippen MR) is 135 cm³/mol. The van der Waals surface area contributed by atoms with E-state index in [1.807, 2.05) is 30.5 Å². The standard InChI is InChI=1S/C25H28ClN5O3/c1-33-23-6-3-18(15-24(23)34-2)17-28-29-25(32)8-10-30-11-13-31(14-12-30)22-7-9-27-21-16-19(26)4-5-20(21)22/h3-7,9,15-17H,8,10-14H2,1-2H3,(H,29,32)/b28-17+. The van der Waals surface area contributed by atoms with Gasteiger partial charge in [-0.15, -0.1) is 0 Å². The summed E-state index contributed by atoms with van der Waals surface area (Å²) in [6.07, 6.45) is 3.80. The minimum atomic E-state index is -0.115. The molecule has 1 aliphatic rings. The first-order chi connectivity index (χ1) is 16.6. The molecule has 1 aliphatic heterocycles. The van der Waals surface area contributed by atoms with E-state index in [2.05, 4.69) is 31.4 Å². The fourth-order valence-electron chi connectivity index (χ4n) is 4.02. The van der Waals surface area contributed by atoms with E-state index < -0.39 is 0 Å². The van der Waals surface area contributed by atoms with Crippen LogP contribution in [0.1, 0.15) is 12.0 Å². The number of hydrogen-bond acceptors (Lipinski definition) is 7. The molecule has 4 rings (SSSR count). The summed E-state index contributed by atoms with van der Waals surface area (Å²) in [5.41, 5.74) is 5.48. The maximum atomic E-state index is 12.2. The molecule has 1 aromatic heterocycles. The minimum absolute atomic E-state index is 0.115. The predicted octanol–water partition coefficient (Wildman–Crippen LogP) is 3.57. The largest absolute Gasteiger partial charge is 0.493 e. The Bertz CT molecular complexity index is 1180. The van der Waals surface area contributed by atoms with E-state index in [9.17, 15) is 4.79 Å². The summed E-state index contributed by atoms with van der Waals surface area (Å²) in [6.45, 7) is 4.25. The van der Waals surface area contributed by atoms with E-state index >= 15 is 0 Å². The molecule has 1 amide bonds. The first-order valence-corrected chi connectivity index (χ1v) is 11.5. The molecule has 34 heavy (non-hydrogen) atoms. The molecule has 1 N–H and O–H groups in total. The first-order valence-electron chi connectivity index (χ1n) is 11.1. The number of rotatable bonds is 8. The van der Waals surface area contributed by atoms with Gasteiger partial charge in [-0.1, -0.05) is 11.6 Å². The molecule has 3 aromatic rings. The van der Waals surface area contributed by atoms with Crippen LogP contribution in [0.15, 0.2) is 53.8 Å². The van der Waals surface area contributed by atoms with Gasteiger partial charge >= 0.3 is 0 Å². The smallest absolute Gasteiger partial charge is 0.241 e. The van der Waals surface area contributed by atoms with Crippen molar-refractivity contribution in [3.63, 3.8) is 0 Å². The molecule has 2 aromatic carbocycles. The normalized spacial score (nSPS) is 14.5. The van der Waals surface area contributed by atoms with Gasteiger partial charge in [-0.05, 0) is 48.0 Å². The summed E-state index contributed by atoms with van der Waals surface area (Å²) in [5.74, 6) is 1.14. The monoisotopic (exact) mass is 481 g/mol. The zero-order chi connectivity index (χ0) is 23.9. The molecule has 0 bridgehead atoms. The Hall–Kier alpha value is -3.36. The van der Waals surface area contributed by atoms with Crippen LogP contribution >= 0.6 is 11.6 Å². The van der Waals surface area contributed by atoms with Gasteiger partial charge in [-0.3, -0.25) is 14.7 Å². The van der Waals surface area contributed by atoms with Crippen molar-refractivity contribution in [2.24, 2.45) is 5.10 Å². The van der Waals surface area contributed by atoms with Crippen molar-refractivity contribution in [2.75, 3.05) is 51.8 Å². The Morgan fingerprint density at radius 3 is 2.65 bits per heavy atom. The van der Waals surface area contributed by atoms with Crippen molar-refractivity contribution in [3.05, 3.63) is 59.2 Å². The van der Waals surface area contributed by atoms with E-state index in [0.717, 1.165) is 42.6 Å². The molecule has 1 saturated heterocycles. The average Bonchev–Trinajstić information content (AvgIpc) is 2.87. The van der Waals surface area contributed by atoms with Gasteiger partial charge in [0.2, 0.25) is 5.91 Å². The van der Waals surface area contributed by atoms with Gasteiger partial charge in [0.05, 0.1) is 26.0 Å². The van der Waals surface area contributed by atoms with Crippen molar-refractivity contribution < 1.29 is 14.3 Å². The molecule has 0 spiro atoms. The van der Waals surface area contributed by atoms with Gasteiger partial charge in [0.25, 0.3) is 0 Å². The number of fused-ring (bicyclic) bond motifs is 1. The third kappa shape index (κ3) is 5.76. The minimum Gasteiger partial charge on any atom is -0.493 e. The Kier molecular flexibility index (Phi) is 7.82. The quantitative estimate of drug-likeness (QED) is 0.391. The molecular formula is C25H28ClN5O3. The number of ether oxygens (including phenoxy) is 2. The van der Waals surface area contributed by atoms with E-state index in [4.69, 9.17) is 21.1 Å². The Balaban J connectivity index is 1.24. The Morgan fingerprint density at radius 2 is 1.88 bits per heavy atom. The van der Waals surface area contributed by atoms with E-state index in [0.29, 0.717) is 29.5 Å². The lowest BCUT2D eigenvalue weighted by molar-refractivity contribution is -0.121. The molecule has 178 valence electrons. The molecule has 0 aliphatic carbocycles. The number of carbonyl (C=O) groups is 1. The topological polar surface area (TPSA) is 79.3 Å². The van der Waals surface area contributed by atoms with Crippen LogP contribution in [-0.4, -0.2) is 68.9 Å². The maximum Gasteiger partial charge on any atom is 0.241 e. The number of aromatic nitrogens is 1. The number of piperazine rings is 1. The van der Waals surface area contributed by atoms with Crippen LogP contribution < -0.4 is 19.8 Å². The number of nitrogens with zero attached hydrogens (tertiary/aromatic N) is 4. The lowest BCUT2D eigenvalue weighted by atomic mass is 10.1. The van der Waals surface area contributed by atoms with Crippen LogP contribution in [0.4, 0.5) is 5.69 Å². The number of anilines is 1. The number of pyridine rings is 1. The van der Waals surface area contributed by atoms with Crippen molar-refractivity contribution in [2.45, 2.75) is 6.42 Å². The molecule has 9 heteroatoms. The Labute approximate surface area is 204 Å². The zero-order valence-corrected chi connectivity index (χ0v) is 20.1. The molecule has 0 saturated carbocycles. The number of nitrogens with one attached hydrogen (secondary N) is 1. The molecule has 0 radical (unpaired) electrons. The number of hydrazone groups is 1. The molecular weight excluding hydrogens is 454 g/mol. The second-order valence-corrected chi connectivity index (χ2v) is 8.41. The van der Waals surface area contributed by atoms with Gasteiger partial charge in [-0.2, -0.15) is 5.10 Å². The zero-order valence-electron chi connectivity index (χ0n) is 19.3. The lowest BCUT2D eigenvalue weighted by Gasteiger charge is -2.36. The first kappa shape index (κ1) is 23.8. The van der Waals surface area contributed by atoms with Crippen molar-refractivity contribution in [3.8, 4) is 11.5 Å². The fourth-order valence-corrected chi connectivity index (χ4v) is 4.19. The summed E-state index contributed by atoms with van der Waals surface area (Å²) in [7, 11) is 3.17. The summed E-state index contributed by atoms with van der Waals surface area (Å²) in [4.78, 5) is 21.3. The Morgan fingerprint density at radius 1 is 1.09 bits per heavy atom. The van der Waals surface area contributed by atoms with Crippen LogP contribution in [0.5, 0.6) is 11.5 Å². The summed E-state index contributed by atoms with van der Waals surface area (Å²) >= 11 is 6.11. The fraction of sp³-hybridized carbons (Fsp3) is 0.320. The SMILES string of the molecule is COc1ccc(/C=N/NC(=O)CCN2CCN(c3ccnc4cc(Cl)ccc34)CC2)cc1OC. The highest BCUT2D eigenvalue weighted by atomic mass is 35.5. The lowest BCUT2D eigenvalue weighted by Crippen LogP contribution is -2.47. The van der Waals surface area contributed by atoms with E-state index in [1.165, 1.54) is 5.69 Å². The van der Waals surface area contributed by atoms with Crippen molar-refractivity contribution in [1.29, 1.82) is 0 Å². The van der Waals surface area contributed by atoms with Gasteiger partial charge in [0, 0.05) is 61.4 Å². The highest BCUT2D eigenvalue weighted by Crippen LogP contribution is 2.28. The van der Waals surface area contributed by atoms with Gasteiger partial charge < -0.3 is 14.4 Å². The van der Waals surface area contributed by atoms with Crippen LogP contribution in [0.3, 0.4) is 0 Å². The van der Waals surface area contributed by atoms with Crippen molar-refractivity contribution >= 4 is 40.3 Å². The van der Waals surface area contributed by atoms with Gasteiger partial charge in [0.15, 0.2) is 11.5 Å². The molecule has 1 fully saturated rings. The number of benzene rings is 2. The highest BCUT2D eigenvalue weighted by Gasteiger charge is 2.19. The molecule has 8 nitrogen and oxygen atoms in total. The number of methoxy groups -OCH3 is 2. The van der Waals surface area contributed by atoms with Crippen LogP contribution in [-0.2, 0) is 4.79 Å². The summed E-state index contributed by atoms with van der Waals surface area (Å²) in [6, 6.07) is 13.3.